The number of fused-ring (bicyclic) bond motifs is 4. The zero-order valence-electron chi connectivity index (χ0n) is 40.6. The SMILES string of the molecule is COc1cc2c(cc1-c1cc3nccn3cc1N1CCN(CC3CCN(c4ccc5c(c4)C(=O)N(C4CCC(=O)NC4=O)C5=O)CC3)CC1)CCCN2c1nn(C2CCOCC2)c2c1CN(C(C)=O)CC2. The van der Waals surface area contributed by atoms with Gasteiger partial charge < -0.3 is 33.5 Å². The molecular weight excluding hydrogens is 903 g/mol. The number of pyridine rings is 1. The summed E-state index contributed by atoms with van der Waals surface area (Å²) in [6.07, 6.45) is 12.9. The molecule has 7 aliphatic rings. The Labute approximate surface area is 412 Å². The van der Waals surface area contributed by atoms with E-state index in [1.807, 2.05) is 23.4 Å². The number of imidazole rings is 1. The first-order valence-electron chi connectivity index (χ1n) is 25.6. The van der Waals surface area contributed by atoms with Gasteiger partial charge in [-0.1, -0.05) is 0 Å². The Morgan fingerprint density at radius 2 is 1.61 bits per heavy atom. The molecule has 0 aliphatic carbocycles. The number of anilines is 4. The summed E-state index contributed by atoms with van der Waals surface area (Å²) in [4.78, 5) is 81.3. The fraction of sp³-hybridized carbons (Fsp3) is 0.491. The lowest BCUT2D eigenvalue weighted by atomic mass is 9.93. The molecule has 71 heavy (non-hydrogen) atoms. The Morgan fingerprint density at radius 1 is 0.803 bits per heavy atom. The lowest BCUT2D eigenvalue weighted by Crippen LogP contribution is -2.54. The second-order valence-corrected chi connectivity index (χ2v) is 20.3. The van der Waals surface area contributed by atoms with Crippen molar-refractivity contribution in [1.29, 1.82) is 0 Å². The fourth-order valence-corrected chi connectivity index (χ4v) is 12.3. The number of ether oxygens (including phenoxy) is 2. The van der Waals surface area contributed by atoms with E-state index < -0.39 is 23.8 Å². The average molecular weight is 964 g/mol. The predicted molar refractivity (Wildman–Crippen MR) is 265 cm³/mol. The topological polar surface area (TPSA) is 170 Å². The van der Waals surface area contributed by atoms with Gasteiger partial charge in [-0.3, -0.25) is 43.8 Å². The van der Waals surface area contributed by atoms with Gasteiger partial charge in [-0.2, -0.15) is 5.10 Å². The van der Waals surface area contributed by atoms with Crippen LogP contribution in [0.5, 0.6) is 5.75 Å². The molecule has 0 radical (unpaired) electrons. The van der Waals surface area contributed by atoms with Crippen molar-refractivity contribution in [3.05, 3.63) is 82.9 Å². The summed E-state index contributed by atoms with van der Waals surface area (Å²) in [6, 6.07) is 11.5. The van der Waals surface area contributed by atoms with E-state index in [1.54, 1.807) is 26.2 Å². The van der Waals surface area contributed by atoms with E-state index in [2.05, 4.69) is 58.4 Å². The van der Waals surface area contributed by atoms with Gasteiger partial charge in [-0.05, 0) is 86.8 Å². The number of hydrogen-bond acceptors (Lipinski definition) is 13. The number of aromatic nitrogens is 4. The molecule has 7 aliphatic heterocycles. The Bertz CT molecular complexity index is 2960. The predicted octanol–water partition coefficient (Wildman–Crippen LogP) is 4.99. The molecule has 0 saturated carbocycles. The minimum atomic E-state index is -0.978. The quantitative estimate of drug-likeness (QED) is 0.197. The van der Waals surface area contributed by atoms with E-state index in [1.165, 1.54) is 11.3 Å². The number of piperidine rings is 2. The molecule has 370 valence electrons. The first-order valence-corrected chi connectivity index (χ1v) is 25.6. The van der Waals surface area contributed by atoms with E-state index in [9.17, 15) is 24.0 Å². The third-order valence-electron chi connectivity index (χ3n) is 16.3. The second kappa shape index (κ2) is 18.4. The number of aryl methyl sites for hydroxylation is 1. The second-order valence-electron chi connectivity index (χ2n) is 20.3. The van der Waals surface area contributed by atoms with Crippen molar-refractivity contribution in [1.82, 2.24) is 39.2 Å². The molecule has 5 amide bonds. The van der Waals surface area contributed by atoms with Gasteiger partial charge in [-0.25, -0.2) is 4.98 Å². The molecule has 1 atom stereocenters. The van der Waals surface area contributed by atoms with Crippen LogP contribution in [0.4, 0.5) is 22.9 Å². The number of carbonyl (C=O) groups is 5. The third kappa shape index (κ3) is 8.17. The first kappa shape index (κ1) is 45.4. The minimum absolute atomic E-state index is 0.0912. The van der Waals surface area contributed by atoms with Crippen LogP contribution < -0.4 is 24.8 Å². The van der Waals surface area contributed by atoms with Crippen LogP contribution in [-0.2, 0) is 38.5 Å². The van der Waals surface area contributed by atoms with Crippen LogP contribution in [0.2, 0.25) is 0 Å². The van der Waals surface area contributed by atoms with Crippen molar-refractivity contribution in [2.24, 2.45) is 5.92 Å². The summed E-state index contributed by atoms with van der Waals surface area (Å²) in [6.45, 7) is 11.6. The molecule has 1 unspecified atom stereocenters. The number of methoxy groups -OCH3 is 1. The van der Waals surface area contributed by atoms with Crippen LogP contribution in [0, 0.1) is 5.92 Å². The maximum absolute atomic E-state index is 13.5. The highest BCUT2D eigenvalue weighted by Gasteiger charge is 2.45. The highest BCUT2D eigenvalue weighted by Crippen LogP contribution is 2.46. The maximum Gasteiger partial charge on any atom is 0.262 e. The van der Waals surface area contributed by atoms with Crippen molar-refractivity contribution < 1.29 is 33.4 Å². The summed E-state index contributed by atoms with van der Waals surface area (Å²) in [5, 5.41) is 7.68. The summed E-state index contributed by atoms with van der Waals surface area (Å²) in [7, 11) is 1.76. The Morgan fingerprint density at radius 3 is 2.38 bits per heavy atom. The van der Waals surface area contributed by atoms with Crippen molar-refractivity contribution in [2.75, 3.05) is 93.9 Å². The summed E-state index contributed by atoms with van der Waals surface area (Å²) in [5.41, 5.74) is 10.5. The average Bonchev–Trinajstić information content (AvgIpc) is 4.09. The van der Waals surface area contributed by atoms with Crippen LogP contribution in [0.15, 0.2) is 55.0 Å². The number of nitrogens with zero attached hydrogens (tertiary/aromatic N) is 10. The molecule has 10 heterocycles. The van der Waals surface area contributed by atoms with E-state index >= 15 is 0 Å². The molecule has 12 rings (SSSR count). The highest BCUT2D eigenvalue weighted by atomic mass is 16.5. The standard InChI is InChI=1S/C53H61N11O7/c1-33(65)60-18-11-43-42(31-60)50(56-64(43)36-12-24-71-25-13-36)62-15-3-4-35-26-40(47(70-2)29-45(35)62)39-28-48-54-14-19-61(48)32-46(39)59-22-20-57(21-23-59)30-34-9-16-58(17-10-34)37-5-6-38-41(27-37)53(69)63(52(38)68)44-7-8-49(66)55-51(44)67/h5-6,14,19,26-29,32,34,36,44H,3-4,7-13,15-18,20-25,30-31H2,1-2H3,(H,55,66,67). The van der Waals surface area contributed by atoms with Crippen molar-refractivity contribution in [3.63, 3.8) is 0 Å². The van der Waals surface area contributed by atoms with Crippen molar-refractivity contribution in [3.8, 4) is 16.9 Å². The summed E-state index contributed by atoms with van der Waals surface area (Å²) >= 11 is 0. The first-order chi connectivity index (χ1) is 34.6. The number of hydrogen-bond donors (Lipinski definition) is 1. The van der Waals surface area contributed by atoms with Gasteiger partial charge in [0.15, 0.2) is 5.82 Å². The van der Waals surface area contributed by atoms with Crippen molar-refractivity contribution >= 4 is 58.1 Å². The number of imide groups is 2. The lowest BCUT2D eigenvalue weighted by molar-refractivity contribution is -0.136. The van der Waals surface area contributed by atoms with Gasteiger partial charge >= 0.3 is 0 Å². The van der Waals surface area contributed by atoms with Crippen molar-refractivity contribution in [2.45, 2.75) is 83.3 Å². The Hall–Kier alpha value is -6.79. The van der Waals surface area contributed by atoms with Crippen LogP contribution in [-0.4, -0.2) is 149 Å². The zero-order chi connectivity index (χ0) is 48.5. The minimum Gasteiger partial charge on any atom is -0.496 e. The van der Waals surface area contributed by atoms with Gasteiger partial charge in [0.2, 0.25) is 17.7 Å². The molecule has 18 heteroatoms. The molecule has 3 aromatic heterocycles. The molecule has 5 aromatic rings. The molecule has 0 spiro atoms. The van der Waals surface area contributed by atoms with Crippen LogP contribution in [0.1, 0.15) is 95.4 Å². The smallest absolute Gasteiger partial charge is 0.262 e. The van der Waals surface area contributed by atoms with E-state index in [4.69, 9.17) is 19.6 Å². The fourth-order valence-electron chi connectivity index (χ4n) is 12.3. The lowest BCUT2D eigenvalue weighted by Gasteiger charge is -2.40. The van der Waals surface area contributed by atoms with Crippen LogP contribution in [0.25, 0.3) is 16.8 Å². The molecule has 0 bridgehead atoms. The summed E-state index contributed by atoms with van der Waals surface area (Å²) < 4.78 is 16.4. The molecule has 18 nitrogen and oxygen atoms in total. The van der Waals surface area contributed by atoms with Gasteiger partial charge in [0.25, 0.3) is 11.8 Å². The molecule has 4 fully saturated rings. The number of amides is 5. The van der Waals surface area contributed by atoms with Gasteiger partial charge in [-0.15, -0.1) is 0 Å². The largest absolute Gasteiger partial charge is 0.496 e. The number of nitrogens with one attached hydrogen (secondary N) is 1. The van der Waals surface area contributed by atoms with E-state index in [-0.39, 0.29) is 30.7 Å². The number of piperazine rings is 1. The Balaban J connectivity index is 0.740. The molecule has 4 saturated heterocycles. The summed E-state index contributed by atoms with van der Waals surface area (Å²) in [5.74, 6) is 0.425. The monoisotopic (exact) mass is 963 g/mol. The number of rotatable bonds is 9. The normalized spacial score (nSPS) is 21.5. The third-order valence-corrected chi connectivity index (χ3v) is 16.3. The number of carbonyl (C=O) groups excluding carboxylic acids is 5. The molecular formula is C53H61N11O7. The van der Waals surface area contributed by atoms with E-state index in [0.717, 1.165) is 166 Å². The van der Waals surface area contributed by atoms with Gasteiger partial charge in [0.1, 0.15) is 17.4 Å². The van der Waals surface area contributed by atoms with Crippen LogP contribution in [0.3, 0.4) is 0 Å². The Kier molecular flexibility index (Phi) is 11.8. The van der Waals surface area contributed by atoms with Gasteiger partial charge in [0.05, 0.1) is 36.5 Å². The zero-order valence-corrected chi connectivity index (χ0v) is 40.6. The number of benzene rings is 2. The van der Waals surface area contributed by atoms with E-state index in [0.29, 0.717) is 30.1 Å². The van der Waals surface area contributed by atoms with Crippen LogP contribution >= 0.6 is 0 Å². The molecule has 2 aromatic carbocycles. The highest BCUT2D eigenvalue weighted by molar-refractivity contribution is 6.23. The maximum atomic E-state index is 13.5. The molecule has 1 N–H and O–H groups in total. The van der Waals surface area contributed by atoms with Gasteiger partial charge in [0, 0.05) is 150 Å².